The molecular formula is C19H23N3O4S. The molecule has 0 spiro atoms. The maximum atomic E-state index is 12.8. The minimum Gasteiger partial charge on any atom is -0.463 e. The number of para-hydroxylation sites is 1. The summed E-state index contributed by atoms with van der Waals surface area (Å²) in [6.07, 6.45) is 5.20. The molecule has 2 N–H and O–H groups in total. The van der Waals surface area contributed by atoms with Crippen molar-refractivity contribution < 1.29 is 19.1 Å². The zero-order valence-corrected chi connectivity index (χ0v) is 16.0. The summed E-state index contributed by atoms with van der Waals surface area (Å²) >= 11 is 5.13. The molecule has 1 aromatic rings. The lowest BCUT2D eigenvalue weighted by atomic mass is 10.1. The Hall–Kier alpha value is -2.74. The highest BCUT2D eigenvalue weighted by Gasteiger charge is 2.20. The summed E-state index contributed by atoms with van der Waals surface area (Å²) < 4.78 is 4.70. The monoisotopic (exact) mass is 389 g/mol. The number of amides is 2. The van der Waals surface area contributed by atoms with E-state index in [0.717, 1.165) is 44.5 Å². The van der Waals surface area contributed by atoms with E-state index in [2.05, 4.69) is 10.6 Å². The summed E-state index contributed by atoms with van der Waals surface area (Å²) in [5.41, 5.74) is 1.02. The fourth-order valence-electron chi connectivity index (χ4n) is 2.69. The van der Waals surface area contributed by atoms with E-state index in [1.165, 1.54) is 0 Å². The molecule has 0 aromatic heterocycles. The number of likely N-dealkylation sites (tertiary alicyclic amines) is 1. The van der Waals surface area contributed by atoms with Gasteiger partial charge in [-0.15, -0.1) is 0 Å². The molecule has 2 rings (SSSR count). The number of piperidine rings is 1. The summed E-state index contributed by atoms with van der Waals surface area (Å²) in [6, 6.07) is 7.01. The zero-order valence-electron chi connectivity index (χ0n) is 15.2. The van der Waals surface area contributed by atoms with Gasteiger partial charge in [-0.3, -0.25) is 14.9 Å². The van der Waals surface area contributed by atoms with E-state index < -0.39 is 11.9 Å². The highest BCUT2D eigenvalue weighted by atomic mass is 32.1. The van der Waals surface area contributed by atoms with Gasteiger partial charge in [-0.2, -0.15) is 0 Å². The first-order valence-electron chi connectivity index (χ1n) is 8.86. The molecule has 1 aliphatic heterocycles. The summed E-state index contributed by atoms with van der Waals surface area (Å²) in [5.74, 6) is -1.24. The van der Waals surface area contributed by atoms with Crippen LogP contribution in [0.4, 0.5) is 5.69 Å². The number of carbonyl (C=O) groups excluding carboxylic acids is 3. The van der Waals surface area contributed by atoms with Gasteiger partial charge < -0.3 is 15.0 Å². The van der Waals surface area contributed by atoms with Crippen molar-refractivity contribution in [1.82, 2.24) is 10.2 Å². The summed E-state index contributed by atoms with van der Waals surface area (Å²) in [4.78, 5) is 37.6. The molecule has 0 atom stereocenters. The molecule has 27 heavy (non-hydrogen) atoms. The predicted octanol–water partition coefficient (Wildman–Crippen LogP) is 2.25. The standard InChI is InChI=1S/C19H23N3O4S/c1-2-26-17(24)11-10-16(23)21-19(27)20-15-9-5-4-8-14(15)18(25)22-12-6-3-7-13-22/h4-5,8-11H,2-3,6-7,12-13H2,1H3,(H2,20,21,23,27)/b11-10+. The normalized spacial score (nSPS) is 13.9. The van der Waals surface area contributed by atoms with Gasteiger partial charge in [-0.05, 0) is 50.5 Å². The third-order valence-corrected chi connectivity index (χ3v) is 4.15. The Balaban J connectivity index is 1.98. The van der Waals surface area contributed by atoms with Gasteiger partial charge >= 0.3 is 5.97 Å². The maximum absolute atomic E-state index is 12.8. The number of esters is 1. The van der Waals surface area contributed by atoms with E-state index in [4.69, 9.17) is 17.0 Å². The third kappa shape index (κ3) is 6.49. The van der Waals surface area contributed by atoms with Crippen LogP contribution in [0.25, 0.3) is 0 Å². The van der Waals surface area contributed by atoms with E-state index in [9.17, 15) is 14.4 Å². The lowest BCUT2D eigenvalue weighted by Gasteiger charge is -2.27. The number of nitrogens with one attached hydrogen (secondary N) is 2. The Morgan fingerprint density at radius 1 is 1.15 bits per heavy atom. The van der Waals surface area contributed by atoms with Gasteiger partial charge in [0.1, 0.15) is 0 Å². The highest BCUT2D eigenvalue weighted by Crippen LogP contribution is 2.20. The number of thiocarbonyl (C=S) groups is 1. The van der Waals surface area contributed by atoms with Crippen molar-refractivity contribution in [3.8, 4) is 0 Å². The number of hydrogen-bond donors (Lipinski definition) is 2. The molecule has 8 heteroatoms. The summed E-state index contributed by atoms with van der Waals surface area (Å²) in [5, 5.41) is 5.34. The molecule has 0 unspecified atom stereocenters. The highest BCUT2D eigenvalue weighted by molar-refractivity contribution is 7.80. The molecule has 0 radical (unpaired) electrons. The molecular weight excluding hydrogens is 366 g/mol. The first-order chi connectivity index (χ1) is 13.0. The minimum absolute atomic E-state index is 0.0346. The fourth-order valence-corrected chi connectivity index (χ4v) is 2.90. The first-order valence-corrected chi connectivity index (χ1v) is 9.27. The summed E-state index contributed by atoms with van der Waals surface area (Å²) in [6.45, 7) is 3.39. The van der Waals surface area contributed by atoms with Gasteiger partial charge in [-0.25, -0.2) is 4.79 Å². The van der Waals surface area contributed by atoms with E-state index in [1.807, 2.05) is 4.90 Å². The number of carbonyl (C=O) groups is 3. The molecule has 1 aliphatic rings. The summed E-state index contributed by atoms with van der Waals surface area (Å²) in [7, 11) is 0. The zero-order chi connectivity index (χ0) is 19.6. The second kappa shape index (κ2) is 10.4. The van der Waals surface area contributed by atoms with Crippen LogP contribution in [0.2, 0.25) is 0 Å². The van der Waals surface area contributed by atoms with Crippen LogP contribution in [0.3, 0.4) is 0 Å². The molecule has 7 nitrogen and oxygen atoms in total. The quantitative estimate of drug-likeness (QED) is 0.456. The van der Waals surface area contributed by atoms with Crippen molar-refractivity contribution in [3.05, 3.63) is 42.0 Å². The van der Waals surface area contributed by atoms with Crippen molar-refractivity contribution >= 4 is 40.8 Å². The number of ether oxygens (including phenoxy) is 1. The Bertz CT molecular complexity index is 742. The van der Waals surface area contributed by atoms with Crippen LogP contribution in [0.1, 0.15) is 36.5 Å². The van der Waals surface area contributed by atoms with Crippen LogP contribution in [-0.4, -0.2) is 47.5 Å². The van der Waals surface area contributed by atoms with E-state index in [1.54, 1.807) is 31.2 Å². The van der Waals surface area contributed by atoms with Crippen LogP contribution in [0.15, 0.2) is 36.4 Å². The lowest BCUT2D eigenvalue weighted by molar-refractivity contribution is -0.137. The smallest absolute Gasteiger partial charge is 0.330 e. The second-order valence-corrected chi connectivity index (χ2v) is 6.34. The Morgan fingerprint density at radius 2 is 1.85 bits per heavy atom. The predicted molar refractivity (Wildman–Crippen MR) is 106 cm³/mol. The van der Waals surface area contributed by atoms with E-state index in [-0.39, 0.29) is 17.6 Å². The van der Waals surface area contributed by atoms with Crippen molar-refractivity contribution in [2.24, 2.45) is 0 Å². The topological polar surface area (TPSA) is 87.7 Å². The van der Waals surface area contributed by atoms with Crippen molar-refractivity contribution in [2.45, 2.75) is 26.2 Å². The molecule has 1 fully saturated rings. The second-order valence-electron chi connectivity index (χ2n) is 5.93. The number of benzene rings is 1. The van der Waals surface area contributed by atoms with Crippen LogP contribution in [0.5, 0.6) is 0 Å². The Labute approximate surface area is 163 Å². The largest absolute Gasteiger partial charge is 0.463 e. The average Bonchev–Trinajstić information content (AvgIpc) is 2.67. The first kappa shape index (κ1) is 20.6. The van der Waals surface area contributed by atoms with Gasteiger partial charge in [0.2, 0.25) is 5.91 Å². The number of hydrogen-bond acceptors (Lipinski definition) is 5. The number of nitrogens with zero attached hydrogens (tertiary/aromatic N) is 1. The van der Waals surface area contributed by atoms with Crippen LogP contribution in [0, 0.1) is 0 Å². The molecule has 1 aromatic carbocycles. The van der Waals surface area contributed by atoms with E-state index in [0.29, 0.717) is 11.3 Å². The molecule has 1 saturated heterocycles. The van der Waals surface area contributed by atoms with Crippen molar-refractivity contribution in [3.63, 3.8) is 0 Å². The molecule has 144 valence electrons. The Morgan fingerprint density at radius 3 is 2.56 bits per heavy atom. The number of rotatable bonds is 5. The van der Waals surface area contributed by atoms with Gasteiger partial charge in [-0.1, -0.05) is 12.1 Å². The molecule has 0 aliphatic carbocycles. The van der Waals surface area contributed by atoms with Crippen molar-refractivity contribution in [2.75, 3.05) is 25.0 Å². The Kier molecular flexibility index (Phi) is 7.94. The molecule has 0 bridgehead atoms. The SMILES string of the molecule is CCOC(=O)/C=C/C(=O)NC(=S)Nc1ccccc1C(=O)N1CCCCC1. The van der Waals surface area contributed by atoms with Crippen LogP contribution in [-0.2, 0) is 14.3 Å². The third-order valence-electron chi connectivity index (χ3n) is 3.94. The lowest BCUT2D eigenvalue weighted by Crippen LogP contribution is -2.37. The van der Waals surface area contributed by atoms with Gasteiger partial charge in [0.25, 0.3) is 5.91 Å². The van der Waals surface area contributed by atoms with Gasteiger partial charge in [0.05, 0.1) is 17.9 Å². The molecule has 2 amide bonds. The molecule has 1 heterocycles. The van der Waals surface area contributed by atoms with Gasteiger partial charge in [0, 0.05) is 25.2 Å². The van der Waals surface area contributed by atoms with Crippen LogP contribution < -0.4 is 10.6 Å². The van der Waals surface area contributed by atoms with Crippen LogP contribution >= 0.6 is 12.2 Å². The average molecular weight is 389 g/mol. The van der Waals surface area contributed by atoms with Crippen molar-refractivity contribution in [1.29, 1.82) is 0 Å². The fraction of sp³-hybridized carbons (Fsp3) is 0.368. The number of anilines is 1. The maximum Gasteiger partial charge on any atom is 0.330 e. The minimum atomic E-state index is -0.607. The van der Waals surface area contributed by atoms with E-state index >= 15 is 0 Å². The van der Waals surface area contributed by atoms with Gasteiger partial charge in [0.15, 0.2) is 5.11 Å². The molecule has 0 saturated carbocycles.